The topological polar surface area (TPSA) is 20.3 Å². The van der Waals surface area contributed by atoms with E-state index in [0.717, 1.165) is 24.8 Å². The van der Waals surface area contributed by atoms with Gasteiger partial charge in [-0.2, -0.15) is 0 Å². The third kappa shape index (κ3) is 2.54. The molecule has 2 bridgehead atoms. The lowest BCUT2D eigenvalue weighted by atomic mass is 9.76. The van der Waals surface area contributed by atoms with E-state index in [1.165, 1.54) is 24.8 Å². The fraction of sp³-hybridized carbons (Fsp3) is 0.611. The van der Waals surface area contributed by atoms with Crippen molar-refractivity contribution < 1.29 is 4.79 Å². The highest BCUT2D eigenvalue weighted by Crippen LogP contribution is 2.37. The molecule has 2 heterocycles. The Morgan fingerprint density at radius 3 is 2.60 bits per heavy atom. The molecule has 0 saturated carbocycles. The first kappa shape index (κ1) is 13.8. The van der Waals surface area contributed by atoms with Crippen molar-refractivity contribution in [1.29, 1.82) is 0 Å². The van der Waals surface area contributed by atoms with Gasteiger partial charge in [0.2, 0.25) is 0 Å². The zero-order valence-electron chi connectivity index (χ0n) is 12.6. The van der Waals surface area contributed by atoms with Gasteiger partial charge in [-0.25, -0.2) is 0 Å². The fourth-order valence-corrected chi connectivity index (χ4v) is 4.01. The van der Waals surface area contributed by atoms with Gasteiger partial charge in [0.15, 0.2) is 5.78 Å². The van der Waals surface area contributed by atoms with E-state index >= 15 is 0 Å². The zero-order valence-corrected chi connectivity index (χ0v) is 12.6. The van der Waals surface area contributed by atoms with Crippen LogP contribution in [0.4, 0.5) is 0 Å². The molecule has 20 heavy (non-hydrogen) atoms. The number of carbonyl (C=O) groups excluding carboxylic acids is 1. The van der Waals surface area contributed by atoms with Crippen LogP contribution in [0.3, 0.4) is 0 Å². The van der Waals surface area contributed by atoms with E-state index in [1.807, 2.05) is 12.1 Å². The van der Waals surface area contributed by atoms with Gasteiger partial charge in [0.25, 0.3) is 0 Å². The standard InChI is InChI=1S/C18H25NO/c1-3-13-6-4-7-14(10-13)18(20)15-11-16-8-5-9-17(12-15)19(16)2/h4,6-7,10,15-17H,3,5,8-9,11-12H2,1-2H3. The van der Waals surface area contributed by atoms with E-state index in [9.17, 15) is 4.79 Å². The van der Waals surface area contributed by atoms with E-state index in [2.05, 4.69) is 31.0 Å². The summed E-state index contributed by atoms with van der Waals surface area (Å²) in [7, 11) is 2.24. The summed E-state index contributed by atoms with van der Waals surface area (Å²) < 4.78 is 0. The minimum atomic E-state index is 0.244. The Morgan fingerprint density at radius 1 is 1.25 bits per heavy atom. The Kier molecular flexibility index (Phi) is 3.93. The molecule has 0 amide bonds. The lowest BCUT2D eigenvalue weighted by Crippen LogP contribution is -2.51. The largest absolute Gasteiger partial charge is 0.300 e. The summed E-state index contributed by atoms with van der Waals surface area (Å²) in [4.78, 5) is 15.3. The Bertz CT molecular complexity index is 482. The minimum absolute atomic E-state index is 0.244. The van der Waals surface area contributed by atoms with E-state index < -0.39 is 0 Å². The van der Waals surface area contributed by atoms with Crippen molar-refractivity contribution in [3.05, 3.63) is 35.4 Å². The first-order chi connectivity index (χ1) is 9.69. The molecule has 0 radical (unpaired) electrons. The second-order valence-electron chi connectivity index (χ2n) is 6.49. The molecule has 2 fully saturated rings. The quantitative estimate of drug-likeness (QED) is 0.781. The van der Waals surface area contributed by atoms with Gasteiger partial charge in [-0.1, -0.05) is 31.5 Å². The van der Waals surface area contributed by atoms with Crippen molar-refractivity contribution in [3.8, 4) is 0 Å². The van der Waals surface area contributed by atoms with E-state index in [-0.39, 0.29) is 5.92 Å². The van der Waals surface area contributed by atoms with Gasteiger partial charge in [-0.05, 0) is 50.8 Å². The van der Waals surface area contributed by atoms with Crippen LogP contribution < -0.4 is 0 Å². The van der Waals surface area contributed by atoms with Crippen LogP contribution in [0.2, 0.25) is 0 Å². The first-order valence-corrected chi connectivity index (χ1v) is 8.04. The van der Waals surface area contributed by atoms with E-state index in [4.69, 9.17) is 0 Å². The molecule has 2 saturated heterocycles. The van der Waals surface area contributed by atoms with Gasteiger partial charge in [0.05, 0.1) is 0 Å². The lowest BCUT2D eigenvalue weighted by Gasteiger charge is -2.46. The lowest BCUT2D eigenvalue weighted by molar-refractivity contribution is 0.0338. The number of benzene rings is 1. The maximum Gasteiger partial charge on any atom is 0.166 e. The third-order valence-electron chi connectivity index (χ3n) is 5.33. The Hall–Kier alpha value is -1.15. The molecular formula is C18H25NO. The van der Waals surface area contributed by atoms with Crippen LogP contribution in [-0.4, -0.2) is 29.8 Å². The number of Topliss-reactive ketones (excluding diaryl/α,β-unsaturated/α-hetero) is 1. The van der Waals surface area contributed by atoms with Crippen molar-refractivity contribution >= 4 is 5.78 Å². The van der Waals surface area contributed by atoms with E-state index in [1.54, 1.807) is 0 Å². The number of rotatable bonds is 3. The predicted molar refractivity (Wildman–Crippen MR) is 82.1 cm³/mol. The number of nitrogens with zero attached hydrogens (tertiary/aromatic N) is 1. The smallest absolute Gasteiger partial charge is 0.166 e. The highest BCUT2D eigenvalue weighted by molar-refractivity contribution is 5.98. The number of carbonyl (C=O) groups is 1. The normalized spacial score (nSPS) is 30.2. The van der Waals surface area contributed by atoms with Gasteiger partial charge in [0.1, 0.15) is 0 Å². The summed E-state index contributed by atoms with van der Waals surface area (Å²) in [5.74, 6) is 0.624. The van der Waals surface area contributed by atoms with Crippen molar-refractivity contribution in [2.75, 3.05) is 7.05 Å². The molecule has 2 aliphatic rings. The van der Waals surface area contributed by atoms with Crippen LogP contribution in [0, 0.1) is 5.92 Å². The fourth-order valence-electron chi connectivity index (χ4n) is 4.01. The molecular weight excluding hydrogens is 246 g/mol. The van der Waals surface area contributed by atoms with E-state index in [0.29, 0.717) is 17.9 Å². The van der Waals surface area contributed by atoms with Crippen molar-refractivity contribution in [3.63, 3.8) is 0 Å². The molecule has 0 spiro atoms. The molecule has 2 heteroatoms. The number of piperidine rings is 2. The summed E-state index contributed by atoms with van der Waals surface area (Å²) >= 11 is 0. The number of aryl methyl sites for hydroxylation is 1. The maximum atomic E-state index is 12.8. The number of fused-ring (bicyclic) bond motifs is 2. The number of hydrogen-bond donors (Lipinski definition) is 0. The van der Waals surface area contributed by atoms with Crippen LogP contribution in [0.25, 0.3) is 0 Å². The summed E-state index contributed by atoms with van der Waals surface area (Å²) in [6.45, 7) is 2.14. The molecule has 0 aromatic heterocycles. The number of ketones is 1. The van der Waals surface area contributed by atoms with Crippen LogP contribution in [-0.2, 0) is 6.42 Å². The molecule has 0 aliphatic carbocycles. The summed E-state index contributed by atoms with van der Waals surface area (Å²) in [5.41, 5.74) is 2.20. The van der Waals surface area contributed by atoms with Crippen LogP contribution >= 0.6 is 0 Å². The Balaban J connectivity index is 1.77. The molecule has 2 unspecified atom stereocenters. The molecule has 2 nitrogen and oxygen atoms in total. The Morgan fingerprint density at radius 2 is 1.95 bits per heavy atom. The second-order valence-corrected chi connectivity index (χ2v) is 6.49. The van der Waals surface area contributed by atoms with Crippen molar-refractivity contribution in [1.82, 2.24) is 4.90 Å². The minimum Gasteiger partial charge on any atom is -0.300 e. The SMILES string of the molecule is CCc1cccc(C(=O)C2CC3CCCC(C2)N3C)c1. The van der Waals surface area contributed by atoms with Gasteiger partial charge in [0, 0.05) is 23.6 Å². The molecule has 2 aliphatic heterocycles. The van der Waals surface area contributed by atoms with Gasteiger partial charge >= 0.3 is 0 Å². The Labute approximate surface area is 122 Å². The van der Waals surface area contributed by atoms with Crippen molar-refractivity contribution in [2.24, 2.45) is 5.92 Å². The van der Waals surface area contributed by atoms with Crippen molar-refractivity contribution in [2.45, 2.75) is 57.5 Å². The van der Waals surface area contributed by atoms with Gasteiger partial charge < -0.3 is 4.90 Å². The molecule has 0 N–H and O–H groups in total. The maximum absolute atomic E-state index is 12.8. The van der Waals surface area contributed by atoms with Gasteiger partial charge in [-0.15, -0.1) is 0 Å². The summed E-state index contributed by atoms with van der Waals surface area (Å²) in [6.07, 6.45) is 6.99. The molecule has 1 aromatic rings. The summed E-state index contributed by atoms with van der Waals surface area (Å²) in [5, 5.41) is 0. The monoisotopic (exact) mass is 271 g/mol. The molecule has 3 rings (SSSR count). The average Bonchev–Trinajstić information content (AvgIpc) is 2.46. The van der Waals surface area contributed by atoms with Crippen LogP contribution in [0.5, 0.6) is 0 Å². The third-order valence-corrected chi connectivity index (χ3v) is 5.33. The number of hydrogen-bond acceptors (Lipinski definition) is 2. The average molecular weight is 271 g/mol. The van der Waals surface area contributed by atoms with Crippen LogP contribution in [0.1, 0.15) is 54.9 Å². The first-order valence-electron chi connectivity index (χ1n) is 8.04. The van der Waals surface area contributed by atoms with Gasteiger partial charge in [-0.3, -0.25) is 4.79 Å². The molecule has 1 aromatic carbocycles. The highest BCUT2D eigenvalue weighted by Gasteiger charge is 2.38. The zero-order chi connectivity index (χ0) is 14.1. The highest BCUT2D eigenvalue weighted by atomic mass is 16.1. The van der Waals surface area contributed by atoms with Crippen LogP contribution in [0.15, 0.2) is 24.3 Å². The summed E-state index contributed by atoms with van der Waals surface area (Å²) in [6, 6.07) is 9.49. The molecule has 2 atom stereocenters. The predicted octanol–water partition coefficient (Wildman–Crippen LogP) is 3.69. The second kappa shape index (κ2) is 5.69. The molecule has 108 valence electrons.